The van der Waals surface area contributed by atoms with Crippen molar-refractivity contribution in [2.45, 2.75) is 33.2 Å². The molecule has 2 rings (SSSR count). The zero-order chi connectivity index (χ0) is 18.8. The second kappa shape index (κ2) is 13.3. The summed E-state index contributed by atoms with van der Waals surface area (Å²) in [4.78, 5) is 9.44. The monoisotopic (exact) mass is 487 g/mol. The van der Waals surface area contributed by atoms with E-state index in [4.69, 9.17) is 0 Å². The molecule has 1 aliphatic heterocycles. The molecule has 1 fully saturated rings. The fourth-order valence-electron chi connectivity index (χ4n) is 3.82. The summed E-state index contributed by atoms with van der Waals surface area (Å²) in [5.41, 5.74) is 1.36. The number of aliphatic imine (C=N–C) groups is 1. The fraction of sp³-hybridized carbons (Fsp3) is 0.667. The second-order valence-electron chi connectivity index (χ2n) is 7.03. The van der Waals surface area contributed by atoms with Crippen molar-refractivity contribution in [2.75, 3.05) is 52.9 Å². The number of likely N-dealkylation sites (tertiary alicyclic amines) is 1. The van der Waals surface area contributed by atoms with E-state index in [1.54, 1.807) is 0 Å². The molecule has 2 unspecified atom stereocenters. The number of likely N-dealkylation sites (N-methyl/N-ethyl adjacent to an activating group) is 1. The van der Waals surface area contributed by atoms with Gasteiger partial charge >= 0.3 is 0 Å². The van der Waals surface area contributed by atoms with E-state index in [1.165, 1.54) is 25.1 Å². The van der Waals surface area contributed by atoms with E-state index in [0.717, 1.165) is 44.6 Å². The van der Waals surface area contributed by atoms with Gasteiger partial charge in [-0.2, -0.15) is 0 Å². The number of rotatable bonds is 9. The van der Waals surface area contributed by atoms with E-state index in [9.17, 15) is 0 Å². The summed E-state index contributed by atoms with van der Waals surface area (Å²) in [5, 5.41) is 7.08. The Kier molecular flexibility index (Phi) is 11.9. The molecule has 6 heteroatoms. The van der Waals surface area contributed by atoms with Crippen LogP contribution in [0.5, 0.6) is 0 Å². The molecule has 27 heavy (non-hydrogen) atoms. The lowest BCUT2D eigenvalue weighted by molar-refractivity contribution is 0.219. The van der Waals surface area contributed by atoms with Gasteiger partial charge in [0.15, 0.2) is 5.96 Å². The third-order valence-electron chi connectivity index (χ3n) is 5.50. The Balaban J connectivity index is 0.00000364. The minimum Gasteiger partial charge on any atom is -0.356 e. The lowest BCUT2D eigenvalue weighted by atomic mass is 10.1. The van der Waals surface area contributed by atoms with Gasteiger partial charge < -0.3 is 15.5 Å². The number of benzene rings is 1. The van der Waals surface area contributed by atoms with E-state index in [1.807, 2.05) is 7.05 Å². The predicted octanol–water partition coefficient (Wildman–Crippen LogP) is 3.19. The van der Waals surface area contributed by atoms with Gasteiger partial charge in [0.2, 0.25) is 0 Å². The lowest BCUT2D eigenvalue weighted by Crippen LogP contribution is -2.44. The molecule has 0 spiro atoms. The van der Waals surface area contributed by atoms with Crippen molar-refractivity contribution < 1.29 is 0 Å². The van der Waals surface area contributed by atoms with Crippen LogP contribution in [0.25, 0.3) is 0 Å². The van der Waals surface area contributed by atoms with Crippen LogP contribution in [0.3, 0.4) is 0 Å². The van der Waals surface area contributed by atoms with Crippen LogP contribution in [0, 0.1) is 5.92 Å². The Hall–Kier alpha value is -0.860. The van der Waals surface area contributed by atoms with Crippen LogP contribution in [-0.2, 0) is 0 Å². The minimum absolute atomic E-state index is 0. The Morgan fingerprint density at radius 3 is 2.44 bits per heavy atom. The van der Waals surface area contributed by atoms with Crippen molar-refractivity contribution in [3.8, 4) is 0 Å². The van der Waals surface area contributed by atoms with Gasteiger partial charge in [-0.25, -0.2) is 0 Å². The zero-order valence-electron chi connectivity index (χ0n) is 17.4. The number of hydrogen-bond donors (Lipinski definition) is 2. The maximum absolute atomic E-state index is 4.43. The SMILES string of the molecule is CCN1CCC(CNC(=NC)NCC(c2ccccc2)N(CC)CC)C1.I. The van der Waals surface area contributed by atoms with Crippen LogP contribution in [0.15, 0.2) is 35.3 Å². The van der Waals surface area contributed by atoms with E-state index < -0.39 is 0 Å². The van der Waals surface area contributed by atoms with Crippen LogP contribution >= 0.6 is 24.0 Å². The molecule has 1 saturated heterocycles. The van der Waals surface area contributed by atoms with E-state index in [2.05, 4.69) is 76.5 Å². The summed E-state index contributed by atoms with van der Waals surface area (Å²) in [6, 6.07) is 11.1. The molecule has 5 nitrogen and oxygen atoms in total. The number of halogens is 1. The summed E-state index contributed by atoms with van der Waals surface area (Å²) in [7, 11) is 1.86. The molecular weight excluding hydrogens is 449 g/mol. The molecule has 1 aromatic rings. The standard InChI is InChI=1S/C21H37N5.HI/c1-5-25-14-13-18(17-25)15-23-21(22-4)24-16-20(26(6-2)7-3)19-11-9-8-10-12-19;/h8-12,18,20H,5-7,13-17H2,1-4H3,(H2,22,23,24);1H. The van der Waals surface area contributed by atoms with Gasteiger partial charge in [-0.15, -0.1) is 24.0 Å². The normalized spacial score (nSPS) is 19.0. The molecule has 0 aliphatic carbocycles. The van der Waals surface area contributed by atoms with Crippen LogP contribution in [-0.4, -0.2) is 68.6 Å². The highest BCUT2D eigenvalue weighted by Crippen LogP contribution is 2.19. The first-order chi connectivity index (χ1) is 12.7. The van der Waals surface area contributed by atoms with Gasteiger partial charge in [0, 0.05) is 26.7 Å². The Labute approximate surface area is 183 Å². The van der Waals surface area contributed by atoms with Gasteiger partial charge in [-0.3, -0.25) is 9.89 Å². The third kappa shape index (κ3) is 7.58. The molecule has 1 aliphatic rings. The van der Waals surface area contributed by atoms with Crippen LogP contribution in [0.4, 0.5) is 0 Å². The maximum Gasteiger partial charge on any atom is 0.191 e. The van der Waals surface area contributed by atoms with E-state index >= 15 is 0 Å². The lowest BCUT2D eigenvalue weighted by Gasteiger charge is -2.31. The van der Waals surface area contributed by atoms with Crippen molar-refractivity contribution in [3.05, 3.63) is 35.9 Å². The molecule has 1 aromatic carbocycles. The summed E-state index contributed by atoms with van der Waals surface area (Å²) in [6.45, 7) is 14.2. The van der Waals surface area contributed by atoms with Crippen molar-refractivity contribution >= 4 is 29.9 Å². The van der Waals surface area contributed by atoms with E-state index in [-0.39, 0.29) is 24.0 Å². The smallest absolute Gasteiger partial charge is 0.191 e. The molecule has 0 saturated carbocycles. The molecule has 2 N–H and O–H groups in total. The topological polar surface area (TPSA) is 42.9 Å². The van der Waals surface area contributed by atoms with Crippen LogP contribution in [0.2, 0.25) is 0 Å². The van der Waals surface area contributed by atoms with Crippen LogP contribution in [0.1, 0.15) is 38.8 Å². The fourth-order valence-corrected chi connectivity index (χ4v) is 3.82. The van der Waals surface area contributed by atoms with Gasteiger partial charge in [0.05, 0.1) is 6.04 Å². The summed E-state index contributed by atoms with van der Waals surface area (Å²) >= 11 is 0. The summed E-state index contributed by atoms with van der Waals surface area (Å²) in [5.74, 6) is 1.63. The minimum atomic E-state index is 0. The highest BCUT2D eigenvalue weighted by Gasteiger charge is 2.22. The molecule has 0 aromatic heterocycles. The number of nitrogens with zero attached hydrogens (tertiary/aromatic N) is 3. The van der Waals surface area contributed by atoms with Crippen molar-refractivity contribution in [3.63, 3.8) is 0 Å². The first-order valence-corrected chi connectivity index (χ1v) is 10.2. The van der Waals surface area contributed by atoms with Crippen LogP contribution < -0.4 is 10.6 Å². The van der Waals surface area contributed by atoms with Gasteiger partial charge in [-0.05, 0) is 44.1 Å². The van der Waals surface area contributed by atoms with Gasteiger partial charge in [0.1, 0.15) is 0 Å². The quantitative estimate of drug-likeness (QED) is 0.319. The molecule has 2 atom stereocenters. The molecule has 0 radical (unpaired) electrons. The number of hydrogen-bond acceptors (Lipinski definition) is 3. The molecule has 154 valence electrons. The van der Waals surface area contributed by atoms with Gasteiger partial charge in [-0.1, -0.05) is 51.1 Å². The first kappa shape index (κ1) is 24.2. The molecule has 0 bridgehead atoms. The number of nitrogens with one attached hydrogen (secondary N) is 2. The predicted molar refractivity (Wildman–Crippen MR) is 127 cm³/mol. The van der Waals surface area contributed by atoms with Crippen molar-refractivity contribution in [2.24, 2.45) is 10.9 Å². The molecular formula is C21H38IN5. The van der Waals surface area contributed by atoms with Crippen molar-refractivity contribution in [1.82, 2.24) is 20.4 Å². The maximum atomic E-state index is 4.43. The molecule has 1 heterocycles. The Morgan fingerprint density at radius 2 is 1.89 bits per heavy atom. The Bertz CT molecular complexity index is 533. The first-order valence-electron chi connectivity index (χ1n) is 10.2. The average molecular weight is 487 g/mol. The summed E-state index contributed by atoms with van der Waals surface area (Å²) in [6.07, 6.45) is 1.28. The zero-order valence-corrected chi connectivity index (χ0v) is 19.8. The second-order valence-corrected chi connectivity index (χ2v) is 7.03. The largest absolute Gasteiger partial charge is 0.356 e. The molecule has 0 amide bonds. The van der Waals surface area contributed by atoms with Gasteiger partial charge in [0.25, 0.3) is 0 Å². The number of guanidine groups is 1. The van der Waals surface area contributed by atoms with Crippen molar-refractivity contribution in [1.29, 1.82) is 0 Å². The third-order valence-corrected chi connectivity index (χ3v) is 5.50. The average Bonchev–Trinajstić information content (AvgIpc) is 3.16. The van der Waals surface area contributed by atoms with E-state index in [0.29, 0.717) is 6.04 Å². The Morgan fingerprint density at radius 1 is 1.19 bits per heavy atom. The highest BCUT2D eigenvalue weighted by molar-refractivity contribution is 14.0. The summed E-state index contributed by atoms with van der Waals surface area (Å²) < 4.78 is 0. The highest BCUT2D eigenvalue weighted by atomic mass is 127.